The number of aromatic nitrogens is 1. The zero-order valence-corrected chi connectivity index (χ0v) is 11.9. The summed E-state index contributed by atoms with van der Waals surface area (Å²) in [5.74, 6) is -0.291. The molecule has 0 aliphatic carbocycles. The Labute approximate surface area is 113 Å². The molecule has 0 aliphatic heterocycles. The van der Waals surface area contributed by atoms with Crippen molar-refractivity contribution in [3.63, 3.8) is 0 Å². The molecule has 0 unspecified atom stereocenters. The van der Waals surface area contributed by atoms with E-state index in [-0.39, 0.29) is 12.5 Å². The molecular formula is C14H19N3O2. The normalized spacial score (nSPS) is 9.84. The van der Waals surface area contributed by atoms with Crippen molar-refractivity contribution >= 4 is 11.7 Å². The van der Waals surface area contributed by atoms with Crippen LogP contribution in [0.2, 0.25) is 0 Å². The van der Waals surface area contributed by atoms with Gasteiger partial charge in [-0.15, -0.1) is 0 Å². The summed E-state index contributed by atoms with van der Waals surface area (Å²) >= 11 is 0. The fourth-order valence-corrected chi connectivity index (χ4v) is 1.93. The third kappa shape index (κ3) is 3.68. The fraction of sp³-hybridized carbons (Fsp3) is 0.500. The first-order valence-corrected chi connectivity index (χ1v) is 6.32. The summed E-state index contributed by atoms with van der Waals surface area (Å²) in [4.78, 5) is 17.7. The van der Waals surface area contributed by atoms with Crippen molar-refractivity contribution in [2.75, 3.05) is 24.6 Å². The Hall–Kier alpha value is -2.09. The number of carbonyl (C=O) groups excluding carboxylic acids is 1. The van der Waals surface area contributed by atoms with Gasteiger partial charge in [0.2, 0.25) is 0 Å². The van der Waals surface area contributed by atoms with Crippen LogP contribution in [-0.4, -0.2) is 30.6 Å². The van der Waals surface area contributed by atoms with E-state index in [1.165, 1.54) is 0 Å². The van der Waals surface area contributed by atoms with Gasteiger partial charge in [-0.25, -0.2) is 0 Å². The molecule has 1 aromatic heterocycles. The van der Waals surface area contributed by atoms with Crippen LogP contribution in [0, 0.1) is 25.2 Å². The molecule has 5 nitrogen and oxygen atoms in total. The minimum Gasteiger partial charge on any atom is -0.465 e. The van der Waals surface area contributed by atoms with Crippen LogP contribution >= 0.6 is 0 Å². The molecule has 1 aromatic rings. The number of anilines is 1. The van der Waals surface area contributed by atoms with Crippen molar-refractivity contribution in [3.8, 4) is 6.07 Å². The zero-order valence-electron chi connectivity index (χ0n) is 11.9. The third-order valence-electron chi connectivity index (χ3n) is 2.77. The number of hydrogen-bond donors (Lipinski definition) is 0. The molecule has 1 rings (SSSR count). The van der Waals surface area contributed by atoms with Crippen molar-refractivity contribution in [3.05, 3.63) is 23.0 Å². The number of ether oxygens (including phenoxy) is 1. The molecule has 0 radical (unpaired) electrons. The van der Waals surface area contributed by atoms with Gasteiger partial charge in [0.05, 0.1) is 23.6 Å². The number of hydrogen-bond acceptors (Lipinski definition) is 5. The van der Waals surface area contributed by atoms with Crippen LogP contribution < -0.4 is 4.90 Å². The highest BCUT2D eigenvalue weighted by atomic mass is 16.5. The van der Waals surface area contributed by atoms with Gasteiger partial charge in [0.15, 0.2) is 0 Å². The lowest BCUT2D eigenvalue weighted by Crippen LogP contribution is -2.31. The molecule has 19 heavy (non-hydrogen) atoms. The maximum absolute atomic E-state index is 11.6. The van der Waals surface area contributed by atoms with Crippen molar-refractivity contribution in [1.29, 1.82) is 5.26 Å². The van der Waals surface area contributed by atoms with Crippen LogP contribution in [0.4, 0.5) is 5.69 Å². The van der Waals surface area contributed by atoms with Crippen molar-refractivity contribution in [2.24, 2.45) is 0 Å². The average molecular weight is 261 g/mol. The Morgan fingerprint density at radius 3 is 2.68 bits per heavy atom. The molecule has 0 amide bonds. The molecule has 1 heterocycles. The zero-order chi connectivity index (χ0) is 14.4. The van der Waals surface area contributed by atoms with E-state index in [1.807, 2.05) is 24.8 Å². The van der Waals surface area contributed by atoms with E-state index in [2.05, 4.69) is 11.1 Å². The summed E-state index contributed by atoms with van der Waals surface area (Å²) in [7, 11) is 0. The minimum atomic E-state index is -0.291. The smallest absolute Gasteiger partial charge is 0.325 e. The first-order valence-electron chi connectivity index (χ1n) is 6.32. The number of pyridine rings is 1. The molecule has 5 heteroatoms. The van der Waals surface area contributed by atoms with Crippen LogP contribution in [0.1, 0.15) is 30.8 Å². The number of likely N-dealkylation sites (N-methyl/N-ethyl adjacent to an activating group) is 1. The number of nitriles is 1. The fourth-order valence-electron chi connectivity index (χ4n) is 1.93. The lowest BCUT2D eigenvalue weighted by molar-refractivity contribution is -0.141. The Morgan fingerprint density at radius 1 is 1.47 bits per heavy atom. The second-order valence-electron chi connectivity index (χ2n) is 4.17. The van der Waals surface area contributed by atoms with Crippen molar-refractivity contribution < 1.29 is 9.53 Å². The second kappa shape index (κ2) is 6.74. The minimum absolute atomic E-state index is 0.141. The van der Waals surface area contributed by atoms with E-state index in [4.69, 9.17) is 4.74 Å². The Morgan fingerprint density at radius 2 is 2.16 bits per heavy atom. The highest BCUT2D eigenvalue weighted by Crippen LogP contribution is 2.23. The highest BCUT2D eigenvalue weighted by molar-refractivity contribution is 5.77. The number of nitrogens with zero attached hydrogens (tertiary/aromatic N) is 3. The van der Waals surface area contributed by atoms with Gasteiger partial charge in [0.1, 0.15) is 12.6 Å². The Kier molecular flexibility index (Phi) is 5.31. The molecule has 102 valence electrons. The van der Waals surface area contributed by atoms with E-state index in [9.17, 15) is 10.1 Å². The summed E-state index contributed by atoms with van der Waals surface area (Å²) < 4.78 is 4.95. The molecule has 0 saturated carbocycles. The maximum Gasteiger partial charge on any atom is 0.325 e. The van der Waals surface area contributed by atoms with Crippen molar-refractivity contribution in [2.45, 2.75) is 27.7 Å². The van der Waals surface area contributed by atoms with Gasteiger partial charge in [-0.05, 0) is 33.8 Å². The largest absolute Gasteiger partial charge is 0.465 e. The Balaban J connectivity index is 3.11. The standard InChI is InChI=1S/C14H19N3O2/c1-5-17(9-14(18)19-6-2)13-7-10(3)16-11(4)12(13)8-15/h7H,5-6,9H2,1-4H3. The first-order chi connectivity index (χ1) is 9.03. The number of carbonyl (C=O) groups is 1. The van der Waals surface area contributed by atoms with E-state index in [0.29, 0.717) is 24.4 Å². The summed E-state index contributed by atoms with van der Waals surface area (Å²) in [6.45, 7) is 8.50. The maximum atomic E-state index is 11.6. The van der Waals surface area contributed by atoms with Gasteiger partial charge in [0, 0.05) is 12.2 Å². The van der Waals surface area contributed by atoms with Gasteiger partial charge < -0.3 is 9.64 Å². The van der Waals surface area contributed by atoms with Crippen LogP contribution in [-0.2, 0) is 9.53 Å². The summed E-state index contributed by atoms with van der Waals surface area (Å²) in [6, 6.07) is 3.98. The highest BCUT2D eigenvalue weighted by Gasteiger charge is 2.16. The summed E-state index contributed by atoms with van der Waals surface area (Å²) in [5.41, 5.74) is 2.76. The molecule has 0 aromatic carbocycles. The van der Waals surface area contributed by atoms with Gasteiger partial charge in [-0.2, -0.15) is 5.26 Å². The summed E-state index contributed by atoms with van der Waals surface area (Å²) in [6.07, 6.45) is 0. The van der Waals surface area contributed by atoms with Gasteiger partial charge >= 0.3 is 5.97 Å². The van der Waals surface area contributed by atoms with E-state index in [1.54, 1.807) is 13.8 Å². The number of rotatable bonds is 5. The molecular weight excluding hydrogens is 242 g/mol. The monoisotopic (exact) mass is 261 g/mol. The summed E-state index contributed by atoms with van der Waals surface area (Å²) in [5, 5.41) is 9.24. The molecule has 0 bridgehead atoms. The van der Waals surface area contributed by atoms with Crippen LogP contribution in [0.15, 0.2) is 6.07 Å². The van der Waals surface area contributed by atoms with E-state index in [0.717, 1.165) is 11.4 Å². The molecule has 0 fully saturated rings. The molecule has 0 atom stereocenters. The second-order valence-corrected chi connectivity index (χ2v) is 4.17. The van der Waals surface area contributed by atoms with Gasteiger partial charge in [-0.1, -0.05) is 0 Å². The molecule has 0 spiro atoms. The first kappa shape index (κ1) is 15.0. The average Bonchev–Trinajstić information content (AvgIpc) is 2.35. The van der Waals surface area contributed by atoms with Gasteiger partial charge in [-0.3, -0.25) is 9.78 Å². The quantitative estimate of drug-likeness (QED) is 0.758. The predicted octanol–water partition coefficient (Wildman–Crippen LogP) is 1.96. The van der Waals surface area contributed by atoms with Crippen LogP contribution in [0.5, 0.6) is 0 Å². The molecule has 0 saturated heterocycles. The van der Waals surface area contributed by atoms with Gasteiger partial charge in [0.25, 0.3) is 0 Å². The van der Waals surface area contributed by atoms with Crippen LogP contribution in [0.3, 0.4) is 0 Å². The Bertz CT molecular complexity index is 506. The lowest BCUT2D eigenvalue weighted by Gasteiger charge is -2.23. The van der Waals surface area contributed by atoms with E-state index < -0.39 is 0 Å². The number of esters is 1. The van der Waals surface area contributed by atoms with Crippen LogP contribution in [0.25, 0.3) is 0 Å². The van der Waals surface area contributed by atoms with Crippen molar-refractivity contribution in [1.82, 2.24) is 4.98 Å². The molecule has 0 aliphatic rings. The lowest BCUT2D eigenvalue weighted by atomic mass is 10.1. The third-order valence-corrected chi connectivity index (χ3v) is 2.77. The predicted molar refractivity (Wildman–Crippen MR) is 72.9 cm³/mol. The number of aryl methyl sites for hydroxylation is 2. The SMILES string of the molecule is CCOC(=O)CN(CC)c1cc(C)nc(C)c1C#N. The molecule has 0 N–H and O–H groups in total. The van der Waals surface area contributed by atoms with E-state index >= 15 is 0 Å². The topological polar surface area (TPSA) is 66.2 Å².